The fourth-order valence-corrected chi connectivity index (χ4v) is 2.95. The van der Waals surface area contributed by atoms with Crippen molar-refractivity contribution in [1.29, 1.82) is 0 Å². The van der Waals surface area contributed by atoms with Gasteiger partial charge in [0.15, 0.2) is 5.38 Å². The van der Waals surface area contributed by atoms with Crippen LogP contribution in [0.1, 0.15) is 24.2 Å². The molecule has 0 saturated carbocycles. The van der Waals surface area contributed by atoms with Gasteiger partial charge in [-0.25, -0.2) is 4.79 Å². The van der Waals surface area contributed by atoms with Crippen LogP contribution in [-0.2, 0) is 9.53 Å². The van der Waals surface area contributed by atoms with Gasteiger partial charge < -0.3 is 4.74 Å². The van der Waals surface area contributed by atoms with E-state index in [1.807, 2.05) is 10.8 Å². The topological polar surface area (TPSA) is 68.1 Å². The minimum absolute atomic E-state index is 0.0838. The van der Waals surface area contributed by atoms with Gasteiger partial charge >= 0.3 is 11.1 Å². The van der Waals surface area contributed by atoms with Gasteiger partial charge in [-0.05, 0) is 6.92 Å². The zero-order valence-electron chi connectivity index (χ0n) is 10.3. The van der Waals surface area contributed by atoms with Crippen molar-refractivity contribution in [3.05, 3.63) is 22.4 Å². The molecule has 1 aromatic heterocycles. The zero-order chi connectivity index (χ0) is 13.3. The molecule has 0 spiro atoms. The van der Waals surface area contributed by atoms with Gasteiger partial charge in [-0.15, -0.1) is 0 Å². The Hall–Kier alpha value is -1.82. The summed E-state index contributed by atoms with van der Waals surface area (Å²) in [6, 6.07) is 1.80. The number of rotatable bonds is 3. The van der Waals surface area contributed by atoms with Crippen LogP contribution in [0.4, 0.5) is 0 Å². The van der Waals surface area contributed by atoms with Crippen LogP contribution in [0, 0.1) is 5.41 Å². The van der Waals surface area contributed by atoms with E-state index in [2.05, 4.69) is 10.2 Å². The van der Waals surface area contributed by atoms with E-state index in [9.17, 15) is 9.59 Å². The maximum atomic E-state index is 11.8. The predicted molar refractivity (Wildman–Crippen MR) is 70.4 cm³/mol. The molecule has 0 fully saturated rings. The van der Waals surface area contributed by atoms with Crippen molar-refractivity contribution in [3.63, 3.8) is 0 Å². The summed E-state index contributed by atoms with van der Waals surface area (Å²) in [6.45, 7) is 3.24. The number of esters is 1. The molecule has 94 valence electrons. The zero-order valence-corrected chi connectivity index (χ0v) is 11.2. The molecule has 2 unspecified atom stereocenters. The minimum Gasteiger partial charge on any atom is -0.468 e. The maximum absolute atomic E-state index is 11.8. The molecular formula is C12H13N2O3S+. The maximum Gasteiger partial charge on any atom is 0.352 e. The summed E-state index contributed by atoms with van der Waals surface area (Å²) in [5.74, 6) is -0.411. The number of nitrogens with zero attached hydrogens (tertiary/aromatic N) is 2. The standard InChI is InChI=1S/C12H13N2O3S/c1-8(15)18-5-4-9(6-18)10-12(2,7-13-14-10)11(16)17-3/h4-7H,1-3H3/q+1. The highest BCUT2D eigenvalue weighted by Gasteiger charge is 2.43. The molecule has 0 bridgehead atoms. The Labute approximate surface area is 107 Å². The highest BCUT2D eigenvalue weighted by Crippen LogP contribution is 2.31. The van der Waals surface area contributed by atoms with Crippen LogP contribution in [-0.4, -0.2) is 30.1 Å². The highest BCUT2D eigenvalue weighted by molar-refractivity contribution is 7.49. The van der Waals surface area contributed by atoms with Crippen LogP contribution >= 0.6 is 10.5 Å². The lowest BCUT2D eigenvalue weighted by atomic mass is 9.84. The molecule has 0 saturated heterocycles. The average molecular weight is 265 g/mol. The second-order valence-corrected chi connectivity index (χ2v) is 5.95. The van der Waals surface area contributed by atoms with Gasteiger partial charge in [0, 0.05) is 6.07 Å². The smallest absolute Gasteiger partial charge is 0.352 e. The van der Waals surface area contributed by atoms with Crippen molar-refractivity contribution in [2.75, 3.05) is 7.11 Å². The molecule has 18 heavy (non-hydrogen) atoms. The van der Waals surface area contributed by atoms with Crippen molar-refractivity contribution in [1.82, 2.24) is 0 Å². The SMILES string of the molecule is COC(=O)C1(C)C=NN=C1c1cc[s+](C(C)=O)c1. The van der Waals surface area contributed by atoms with E-state index >= 15 is 0 Å². The van der Waals surface area contributed by atoms with Crippen molar-refractivity contribution >= 4 is 33.5 Å². The lowest BCUT2D eigenvalue weighted by molar-refractivity contribution is -0.144. The fourth-order valence-electron chi connectivity index (χ4n) is 1.76. The van der Waals surface area contributed by atoms with Crippen molar-refractivity contribution in [2.24, 2.45) is 15.6 Å². The first-order valence-corrected chi connectivity index (χ1v) is 6.68. The Balaban J connectivity index is 2.39. The number of carbonyl (C=O) groups excluding carboxylic acids is 2. The summed E-state index contributed by atoms with van der Waals surface area (Å²) in [6.07, 6.45) is 1.47. The summed E-state index contributed by atoms with van der Waals surface area (Å²) in [5.41, 5.74) is 0.321. The quantitative estimate of drug-likeness (QED) is 0.620. The number of hydrogen-bond donors (Lipinski definition) is 0. The van der Waals surface area contributed by atoms with Gasteiger partial charge in [0.1, 0.15) is 10.8 Å². The van der Waals surface area contributed by atoms with E-state index < -0.39 is 21.9 Å². The largest absolute Gasteiger partial charge is 0.468 e. The van der Waals surface area contributed by atoms with Crippen molar-refractivity contribution in [2.45, 2.75) is 13.8 Å². The highest BCUT2D eigenvalue weighted by atomic mass is 32.2. The van der Waals surface area contributed by atoms with Gasteiger partial charge in [-0.2, -0.15) is 10.2 Å². The number of carbonyl (C=O) groups is 2. The third-order valence-corrected chi connectivity index (χ3v) is 4.43. The normalized spacial score (nSPS) is 22.8. The summed E-state index contributed by atoms with van der Waals surface area (Å²) in [7, 11) is 0.806. The summed E-state index contributed by atoms with van der Waals surface area (Å²) in [5, 5.41) is 11.5. The molecule has 1 aromatic rings. The molecule has 0 aliphatic carbocycles. The first-order valence-electron chi connectivity index (χ1n) is 5.33. The van der Waals surface area contributed by atoms with Crippen LogP contribution < -0.4 is 0 Å². The van der Waals surface area contributed by atoms with Crippen LogP contribution in [0.5, 0.6) is 0 Å². The average Bonchev–Trinajstić information content (AvgIpc) is 2.94. The molecular weight excluding hydrogens is 252 g/mol. The lowest BCUT2D eigenvalue weighted by Crippen LogP contribution is -2.37. The van der Waals surface area contributed by atoms with E-state index in [4.69, 9.17) is 4.74 Å². The van der Waals surface area contributed by atoms with E-state index in [0.717, 1.165) is 5.56 Å². The van der Waals surface area contributed by atoms with Gasteiger partial charge in [0.25, 0.3) is 0 Å². The van der Waals surface area contributed by atoms with Gasteiger partial charge in [0.05, 0.1) is 42.0 Å². The fraction of sp³-hybridized carbons (Fsp3) is 0.333. The molecule has 0 N–H and O–H groups in total. The molecule has 2 rings (SSSR count). The molecule has 0 aromatic carbocycles. The van der Waals surface area contributed by atoms with Gasteiger partial charge in [-0.1, -0.05) is 0 Å². The Morgan fingerprint density at radius 3 is 2.72 bits per heavy atom. The van der Waals surface area contributed by atoms with Crippen molar-refractivity contribution < 1.29 is 14.3 Å². The first kappa shape index (κ1) is 12.6. The van der Waals surface area contributed by atoms with E-state index in [0.29, 0.717) is 5.71 Å². The van der Waals surface area contributed by atoms with E-state index in [-0.39, 0.29) is 5.12 Å². The molecule has 0 radical (unpaired) electrons. The lowest BCUT2D eigenvalue weighted by Gasteiger charge is -2.18. The number of methoxy groups -OCH3 is 1. The van der Waals surface area contributed by atoms with E-state index in [1.54, 1.807) is 19.9 Å². The second kappa shape index (κ2) is 4.45. The van der Waals surface area contributed by atoms with E-state index in [1.165, 1.54) is 13.3 Å². The van der Waals surface area contributed by atoms with Crippen LogP contribution in [0.15, 0.2) is 27.0 Å². The minimum atomic E-state index is -0.971. The van der Waals surface area contributed by atoms with Crippen LogP contribution in [0.25, 0.3) is 0 Å². The second-order valence-electron chi connectivity index (χ2n) is 4.13. The monoisotopic (exact) mass is 265 g/mol. The molecule has 2 atom stereocenters. The number of hydrogen-bond acceptors (Lipinski definition) is 5. The third kappa shape index (κ3) is 1.88. The third-order valence-electron chi connectivity index (χ3n) is 2.83. The van der Waals surface area contributed by atoms with Crippen LogP contribution in [0.3, 0.4) is 0 Å². The van der Waals surface area contributed by atoms with Crippen LogP contribution in [0.2, 0.25) is 0 Å². The first-order chi connectivity index (χ1) is 8.49. The number of thiophene rings is 1. The Morgan fingerprint density at radius 2 is 2.17 bits per heavy atom. The molecule has 0 amide bonds. The summed E-state index contributed by atoms with van der Waals surface area (Å²) >= 11 is 0. The van der Waals surface area contributed by atoms with Gasteiger partial charge in [0.2, 0.25) is 0 Å². The summed E-state index contributed by atoms with van der Waals surface area (Å²) < 4.78 is 4.77. The molecule has 1 aliphatic heterocycles. The number of ether oxygens (including phenoxy) is 1. The predicted octanol–water partition coefficient (Wildman–Crippen LogP) is 2.06. The Morgan fingerprint density at radius 1 is 1.44 bits per heavy atom. The Kier molecular flexibility index (Phi) is 3.13. The van der Waals surface area contributed by atoms with Gasteiger partial charge in [-0.3, -0.25) is 4.79 Å². The summed E-state index contributed by atoms with van der Waals surface area (Å²) in [4.78, 5) is 23.1. The molecule has 2 heterocycles. The Bertz CT molecular complexity index is 574. The van der Waals surface area contributed by atoms with Crippen molar-refractivity contribution in [3.8, 4) is 0 Å². The molecule has 5 nitrogen and oxygen atoms in total. The molecule has 1 aliphatic rings. The molecule has 6 heteroatoms.